The van der Waals surface area contributed by atoms with Gasteiger partial charge in [0.15, 0.2) is 0 Å². The van der Waals surface area contributed by atoms with Gasteiger partial charge in [-0.15, -0.1) is 23.2 Å². The first-order valence-corrected chi connectivity index (χ1v) is 1.60. The van der Waals surface area contributed by atoms with Crippen LogP contribution in [0.25, 0.3) is 0 Å². The zero-order valence-electron chi connectivity index (χ0n) is 1.46. The van der Waals surface area contributed by atoms with Crippen LogP contribution in [0.15, 0.2) is 0 Å². The molecule has 0 amide bonds. The predicted molar refractivity (Wildman–Crippen MR) is 27.2 cm³/mol. The maximum Gasteiger partial charge on any atom is 0 e. The third-order valence-corrected chi connectivity index (χ3v) is 0. The number of rotatable bonds is 0. The third kappa shape index (κ3) is 9.15. The SMILES string of the molecule is ClCCl.[CaH2].[HH]. The number of halogens is 2. The molecule has 4 heavy (non-hydrogen) atoms. The van der Waals surface area contributed by atoms with Crippen LogP contribution in [0, 0.1) is 0 Å². The first-order valence-electron chi connectivity index (χ1n) is 0.535. The fourth-order valence-corrected chi connectivity index (χ4v) is 0. The summed E-state index contributed by atoms with van der Waals surface area (Å²) >= 11 is 9.53. The summed E-state index contributed by atoms with van der Waals surface area (Å²) in [6.07, 6.45) is 0. The Hall–Kier alpha value is 1.84. The molecule has 0 radical (unpaired) electrons. The van der Waals surface area contributed by atoms with Gasteiger partial charge in [-0.05, 0) is 0 Å². The summed E-state index contributed by atoms with van der Waals surface area (Å²) in [6.45, 7) is 0. The second-order valence-electron chi connectivity index (χ2n) is 0.101. The van der Waals surface area contributed by atoms with Crippen molar-refractivity contribution in [2.45, 2.75) is 0 Å². The van der Waals surface area contributed by atoms with Gasteiger partial charge >= 0.3 is 37.7 Å². The molecule has 0 saturated heterocycles. The van der Waals surface area contributed by atoms with Gasteiger partial charge in [0.1, 0.15) is 0 Å². The molecule has 0 aromatic heterocycles. The number of hydrogen-bond acceptors (Lipinski definition) is 0. The molecule has 0 aliphatic rings. The zero-order valence-corrected chi connectivity index (χ0v) is 2.97. The number of alkyl halides is 2. The van der Waals surface area contributed by atoms with Crippen LogP contribution in [0.5, 0.6) is 0 Å². The molecule has 0 heterocycles. The van der Waals surface area contributed by atoms with Gasteiger partial charge in [-0.2, -0.15) is 0 Å². The van der Waals surface area contributed by atoms with Gasteiger partial charge in [-0.3, -0.25) is 0 Å². The minimum Gasteiger partial charge on any atom is 0 e. The molecule has 0 aromatic rings. The molecular formula is CH6CaCl2. The van der Waals surface area contributed by atoms with E-state index in [1.807, 2.05) is 0 Å². The van der Waals surface area contributed by atoms with Gasteiger partial charge in [-0.25, -0.2) is 0 Å². The van der Waals surface area contributed by atoms with Gasteiger partial charge in [0, 0.05) is 1.43 Å². The second-order valence-corrected chi connectivity index (χ2v) is 0.909. The van der Waals surface area contributed by atoms with Crippen molar-refractivity contribution < 1.29 is 1.43 Å². The molecule has 0 nitrogen and oxygen atoms in total. The largest absolute Gasteiger partial charge is 0 e. The van der Waals surface area contributed by atoms with Crippen molar-refractivity contribution in [3.63, 3.8) is 0 Å². The Kier molecular flexibility index (Phi) is 20.5. The normalized spacial score (nSPS) is 4.50. The van der Waals surface area contributed by atoms with E-state index in [9.17, 15) is 0 Å². The van der Waals surface area contributed by atoms with Crippen LogP contribution in [0.4, 0.5) is 0 Å². The van der Waals surface area contributed by atoms with E-state index >= 15 is 0 Å². The van der Waals surface area contributed by atoms with E-state index in [2.05, 4.69) is 0 Å². The van der Waals surface area contributed by atoms with Crippen molar-refractivity contribution >= 4 is 60.9 Å². The Morgan fingerprint density at radius 2 is 1.50 bits per heavy atom. The van der Waals surface area contributed by atoms with E-state index in [1.54, 1.807) is 0 Å². The van der Waals surface area contributed by atoms with E-state index in [1.165, 1.54) is 0 Å². The molecule has 0 aromatic carbocycles. The Bertz CT molecular complexity index is 9.61. The molecule has 0 rings (SSSR count). The van der Waals surface area contributed by atoms with Crippen LogP contribution >= 0.6 is 23.2 Å². The molecule has 0 fully saturated rings. The van der Waals surface area contributed by atoms with Crippen LogP contribution < -0.4 is 0 Å². The predicted octanol–water partition coefficient (Wildman–Crippen LogP) is 0.751. The second kappa shape index (κ2) is 8.85. The van der Waals surface area contributed by atoms with Crippen molar-refractivity contribution in [1.29, 1.82) is 0 Å². The van der Waals surface area contributed by atoms with Crippen LogP contribution in [0.3, 0.4) is 0 Å². The summed E-state index contributed by atoms with van der Waals surface area (Å²) in [4.78, 5) is 0. The summed E-state index contributed by atoms with van der Waals surface area (Å²) in [7, 11) is 0. The smallest absolute Gasteiger partial charge is 0 e. The van der Waals surface area contributed by atoms with E-state index in [0.717, 1.165) is 0 Å². The molecule has 26 valence electrons. The van der Waals surface area contributed by atoms with Crippen molar-refractivity contribution in [3.05, 3.63) is 0 Å². The summed E-state index contributed by atoms with van der Waals surface area (Å²) < 4.78 is 0. The third-order valence-electron chi connectivity index (χ3n) is 0. The van der Waals surface area contributed by atoms with Crippen LogP contribution in [0.2, 0.25) is 0 Å². The molecule has 0 N–H and O–H groups in total. The van der Waals surface area contributed by atoms with Gasteiger partial charge in [0.2, 0.25) is 0 Å². The molecular weight excluding hydrogens is 123 g/mol. The maximum atomic E-state index is 4.76. The molecule has 0 bridgehead atoms. The fraction of sp³-hybridized carbons (Fsp3) is 1.00. The zero-order chi connectivity index (χ0) is 2.71. The van der Waals surface area contributed by atoms with Crippen LogP contribution in [0.1, 0.15) is 1.43 Å². The average molecular weight is 129 g/mol. The molecule has 3 heteroatoms. The fourth-order valence-electron chi connectivity index (χ4n) is 0. The summed E-state index contributed by atoms with van der Waals surface area (Å²) in [5.74, 6) is 0. The van der Waals surface area contributed by atoms with Gasteiger partial charge in [0.05, 0.1) is 5.34 Å². The van der Waals surface area contributed by atoms with E-state index in [-0.39, 0.29) is 44.5 Å². The minimum atomic E-state index is 0. The maximum absolute atomic E-state index is 4.76. The summed E-state index contributed by atoms with van der Waals surface area (Å²) in [6, 6.07) is 0. The standard InChI is InChI=1S/CH2Cl2.Ca.H2.2H/c2-1-3;;;;/h1H2;;1H;;. The summed E-state index contributed by atoms with van der Waals surface area (Å²) in [5.41, 5.74) is 0. The monoisotopic (exact) mass is 128 g/mol. The number of hydrogen-bond donors (Lipinski definition) is 0. The van der Waals surface area contributed by atoms with Crippen molar-refractivity contribution in [2.24, 2.45) is 0 Å². The van der Waals surface area contributed by atoms with E-state index in [0.29, 0.717) is 0 Å². The van der Waals surface area contributed by atoms with E-state index in [4.69, 9.17) is 23.2 Å². The van der Waals surface area contributed by atoms with E-state index < -0.39 is 0 Å². The van der Waals surface area contributed by atoms with Crippen molar-refractivity contribution in [3.8, 4) is 0 Å². The van der Waals surface area contributed by atoms with Gasteiger partial charge in [0.25, 0.3) is 0 Å². The minimum absolute atomic E-state index is 0. The Labute approximate surface area is 66.9 Å². The average Bonchev–Trinajstić information content (AvgIpc) is 0.918. The Balaban J connectivity index is -0.0000000200. The van der Waals surface area contributed by atoms with Gasteiger partial charge < -0.3 is 0 Å². The first kappa shape index (κ1) is 9.28. The molecule has 0 atom stereocenters. The first-order chi connectivity index (χ1) is 1.41. The molecule has 0 saturated carbocycles. The molecule has 0 aliphatic carbocycles. The van der Waals surface area contributed by atoms with Crippen LogP contribution in [-0.2, 0) is 0 Å². The molecule has 0 spiro atoms. The molecule has 0 aliphatic heterocycles. The molecule has 0 unspecified atom stereocenters. The van der Waals surface area contributed by atoms with Gasteiger partial charge in [-0.1, -0.05) is 0 Å². The Morgan fingerprint density at radius 1 is 1.50 bits per heavy atom. The van der Waals surface area contributed by atoms with Crippen molar-refractivity contribution in [2.75, 3.05) is 5.34 Å². The summed E-state index contributed by atoms with van der Waals surface area (Å²) in [5, 5.41) is 0.194. The van der Waals surface area contributed by atoms with Crippen molar-refractivity contribution in [1.82, 2.24) is 0 Å². The quantitative estimate of drug-likeness (QED) is 0.334. The topological polar surface area (TPSA) is 0 Å². The Morgan fingerprint density at radius 3 is 1.50 bits per heavy atom. The van der Waals surface area contributed by atoms with Crippen LogP contribution in [-0.4, -0.2) is 43.1 Å².